The number of nitrogens with one attached hydrogen (secondary N) is 2. The molecule has 1 aliphatic heterocycles. The van der Waals surface area contributed by atoms with Crippen LogP contribution in [-0.4, -0.2) is 44.0 Å². The minimum Gasteiger partial charge on any atom is -0.340 e. The van der Waals surface area contributed by atoms with Gasteiger partial charge in [0.2, 0.25) is 11.9 Å². The second-order valence-corrected chi connectivity index (χ2v) is 7.97. The van der Waals surface area contributed by atoms with Gasteiger partial charge in [0.25, 0.3) is 5.91 Å². The fraction of sp³-hybridized carbons (Fsp3) is 0.250. The molecule has 0 unspecified atom stereocenters. The van der Waals surface area contributed by atoms with Gasteiger partial charge in [-0.15, -0.1) is 5.10 Å². The third-order valence-corrected chi connectivity index (χ3v) is 5.72. The highest BCUT2D eigenvalue weighted by Gasteiger charge is 2.22. The normalized spacial score (nSPS) is 13.8. The van der Waals surface area contributed by atoms with E-state index in [9.17, 15) is 4.79 Å². The van der Waals surface area contributed by atoms with Gasteiger partial charge in [-0.25, -0.2) is 9.78 Å². The molecule has 0 spiro atoms. The Balaban J connectivity index is 1.46. The molecular formula is C24H25N7O. The summed E-state index contributed by atoms with van der Waals surface area (Å²) in [6.07, 6.45) is 5.26. The van der Waals surface area contributed by atoms with E-state index in [2.05, 4.69) is 25.4 Å². The van der Waals surface area contributed by atoms with Crippen LogP contribution in [0.15, 0.2) is 60.8 Å². The molecule has 2 aromatic carbocycles. The highest BCUT2D eigenvalue weighted by Crippen LogP contribution is 2.27. The number of H-pyrrole nitrogens is 1. The number of aromatic amines is 1. The van der Waals surface area contributed by atoms with Crippen molar-refractivity contribution < 1.29 is 4.79 Å². The second-order valence-electron chi connectivity index (χ2n) is 7.97. The lowest BCUT2D eigenvalue weighted by Gasteiger charge is -2.24. The highest BCUT2D eigenvalue weighted by molar-refractivity contribution is 6.07. The summed E-state index contributed by atoms with van der Waals surface area (Å²) in [7, 11) is 0. The summed E-state index contributed by atoms with van der Waals surface area (Å²) in [4.78, 5) is 19.9. The summed E-state index contributed by atoms with van der Waals surface area (Å²) in [5.74, 6) is 0.671. The molecule has 0 atom stereocenters. The van der Waals surface area contributed by atoms with E-state index in [1.165, 1.54) is 6.42 Å². The van der Waals surface area contributed by atoms with E-state index < -0.39 is 0 Å². The average Bonchev–Trinajstić information content (AvgIpc) is 3.48. The standard InChI is InChI=1S/C24H25N7O/c1-17-10-6-7-13-19(17)21-20(16-31(29-21)18-11-4-2-5-12-18)22(32)25-23-26-24(28-27-23)30-14-8-3-9-15-30/h2,4-7,10-13,16H,3,8-9,14-15H2,1H3,(H2,25,26,27,28,32). The number of nitrogens with zero attached hydrogens (tertiary/aromatic N) is 5. The molecule has 8 nitrogen and oxygen atoms in total. The number of hydrogen-bond acceptors (Lipinski definition) is 5. The number of benzene rings is 2. The second kappa shape index (κ2) is 8.66. The molecule has 3 heterocycles. The van der Waals surface area contributed by atoms with Gasteiger partial charge in [-0.2, -0.15) is 10.1 Å². The summed E-state index contributed by atoms with van der Waals surface area (Å²) in [5.41, 5.74) is 3.94. The number of para-hydroxylation sites is 1. The van der Waals surface area contributed by atoms with E-state index >= 15 is 0 Å². The van der Waals surface area contributed by atoms with Crippen LogP contribution in [0.3, 0.4) is 0 Å². The molecule has 2 N–H and O–H groups in total. The lowest BCUT2D eigenvalue weighted by Crippen LogP contribution is -2.30. The van der Waals surface area contributed by atoms with Gasteiger partial charge in [0, 0.05) is 24.8 Å². The molecule has 8 heteroatoms. The summed E-state index contributed by atoms with van der Waals surface area (Å²) in [6, 6.07) is 17.7. The molecule has 1 fully saturated rings. The third kappa shape index (κ3) is 3.99. The number of carbonyl (C=O) groups is 1. The van der Waals surface area contributed by atoms with E-state index in [1.54, 1.807) is 10.9 Å². The van der Waals surface area contributed by atoms with Crippen LogP contribution in [0.1, 0.15) is 35.2 Å². The van der Waals surface area contributed by atoms with Gasteiger partial charge in [-0.05, 0) is 43.9 Å². The van der Waals surface area contributed by atoms with Gasteiger partial charge in [0.1, 0.15) is 5.69 Å². The van der Waals surface area contributed by atoms with Crippen LogP contribution >= 0.6 is 0 Å². The number of hydrogen-bond donors (Lipinski definition) is 2. The van der Waals surface area contributed by atoms with Crippen molar-refractivity contribution in [3.63, 3.8) is 0 Å². The molecule has 0 aliphatic carbocycles. The maximum absolute atomic E-state index is 13.3. The van der Waals surface area contributed by atoms with E-state index in [1.807, 2.05) is 61.5 Å². The van der Waals surface area contributed by atoms with Gasteiger partial charge in [-0.3, -0.25) is 10.1 Å². The van der Waals surface area contributed by atoms with Gasteiger partial charge in [-0.1, -0.05) is 42.5 Å². The van der Waals surface area contributed by atoms with Crippen molar-refractivity contribution in [3.05, 3.63) is 71.9 Å². The van der Waals surface area contributed by atoms with Crippen molar-refractivity contribution in [2.75, 3.05) is 23.3 Å². The maximum atomic E-state index is 13.3. The van der Waals surface area contributed by atoms with Gasteiger partial charge in [0.05, 0.1) is 11.3 Å². The van der Waals surface area contributed by atoms with Crippen molar-refractivity contribution in [1.29, 1.82) is 0 Å². The summed E-state index contributed by atoms with van der Waals surface area (Å²) in [5, 5.41) is 14.8. The zero-order valence-corrected chi connectivity index (χ0v) is 18.0. The fourth-order valence-corrected chi connectivity index (χ4v) is 4.01. The Kier molecular flexibility index (Phi) is 5.41. The summed E-state index contributed by atoms with van der Waals surface area (Å²) >= 11 is 0. The third-order valence-electron chi connectivity index (χ3n) is 5.72. The molecule has 32 heavy (non-hydrogen) atoms. The Morgan fingerprint density at radius 2 is 1.75 bits per heavy atom. The monoisotopic (exact) mass is 427 g/mol. The number of aromatic nitrogens is 5. The molecule has 1 aliphatic rings. The Morgan fingerprint density at radius 3 is 2.53 bits per heavy atom. The quantitative estimate of drug-likeness (QED) is 0.498. The van der Waals surface area contributed by atoms with E-state index in [4.69, 9.17) is 5.10 Å². The molecular weight excluding hydrogens is 402 g/mol. The molecule has 2 aromatic heterocycles. The van der Waals surface area contributed by atoms with Crippen molar-refractivity contribution in [2.24, 2.45) is 0 Å². The van der Waals surface area contributed by atoms with Crippen LogP contribution in [-0.2, 0) is 0 Å². The van der Waals surface area contributed by atoms with Crippen LogP contribution in [0.4, 0.5) is 11.9 Å². The van der Waals surface area contributed by atoms with Gasteiger partial charge >= 0.3 is 0 Å². The van der Waals surface area contributed by atoms with Gasteiger partial charge < -0.3 is 4.90 Å². The van der Waals surface area contributed by atoms with Gasteiger partial charge in [0.15, 0.2) is 0 Å². The zero-order valence-electron chi connectivity index (χ0n) is 18.0. The van der Waals surface area contributed by atoms with E-state index in [0.717, 1.165) is 42.7 Å². The number of rotatable bonds is 5. The van der Waals surface area contributed by atoms with Crippen LogP contribution in [0.2, 0.25) is 0 Å². The molecule has 1 amide bonds. The average molecular weight is 428 g/mol. The predicted molar refractivity (Wildman–Crippen MR) is 124 cm³/mol. The molecule has 0 radical (unpaired) electrons. The van der Waals surface area contributed by atoms with Crippen molar-refractivity contribution in [2.45, 2.75) is 26.2 Å². The van der Waals surface area contributed by atoms with Crippen LogP contribution in [0.5, 0.6) is 0 Å². The first-order chi connectivity index (χ1) is 15.7. The smallest absolute Gasteiger partial charge is 0.261 e. The Morgan fingerprint density at radius 1 is 1.00 bits per heavy atom. The van der Waals surface area contributed by atoms with Crippen molar-refractivity contribution in [1.82, 2.24) is 25.0 Å². The van der Waals surface area contributed by atoms with Crippen LogP contribution in [0.25, 0.3) is 16.9 Å². The first kappa shape index (κ1) is 20.0. The summed E-state index contributed by atoms with van der Waals surface area (Å²) in [6.45, 7) is 3.89. The Bertz CT molecular complexity index is 1220. The molecule has 4 aromatic rings. The largest absolute Gasteiger partial charge is 0.340 e. The SMILES string of the molecule is Cc1ccccc1-c1nn(-c2ccccc2)cc1C(=O)Nc1nc(N2CCCCC2)n[nH]1. The first-order valence-corrected chi connectivity index (χ1v) is 10.9. The maximum Gasteiger partial charge on any atom is 0.261 e. The summed E-state index contributed by atoms with van der Waals surface area (Å²) < 4.78 is 1.73. The number of anilines is 2. The highest BCUT2D eigenvalue weighted by atomic mass is 16.1. The topological polar surface area (TPSA) is 91.7 Å². The number of carbonyl (C=O) groups excluding carboxylic acids is 1. The van der Waals surface area contributed by atoms with Crippen molar-refractivity contribution in [3.8, 4) is 16.9 Å². The minimum absolute atomic E-state index is 0.285. The minimum atomic E-state index is -0.285. The number of aryl methyl sites for hydroxylation is 1. The Labute approximate surface area is 186 Å². The molecule has 1 saturated heterocycles. The van der Waals surface area contributed by atoms with Crippen LogP contribution < -0.4 is 10.2 Å². The Hall–Kier alpha value is -3.94. The lowest BCUT2D eigenvalue weighted by molar-refractivity contribution is 0.102. The fourth-order valence-electron chi connectivity index (χ4n) is 4.01. The van der Waals surface area contributed by atoms with E-state index in [-0.39, 0.29) is 5.91 Å². The van der Waals surface area contributed by atoms with E-state index in [0.29, 0.717) is 23.2 Å². The lowest BCUT2D eigenvalue weighted by atomic mass is 10.0. The molecule has 0 bridgehead atoms. The number of amides is 1. The molecule has 5 rings (SSSR count). The number of piperidine rings is 1. The predicted octanol–water partition coefficient (Wildman–Crippen LogP) is 4.21. The van der Waals surface area contributed by atoms with Crippen molar-refractivity contribution >= 4 is 17.8 Å². The van der Waals surface area contributed by atoms with Crippen LogP contribution in [0, 0.1) is 6.92 Å². The zero-order chi connectivity index (χ0) is 21.9. The molecule has 162 valence electrons. The first-order valence-electron chi connectivity index (χ1n) is 10.9. The molecule has 0 saturated carbocycles.